The van der Waals surface area contributed by atoms with Crippen molar-refractivity contribution in [2.24, 2.45) is 0 Å². The molecule has 29 heavy (non-hydrogen) atoms. The van der Waals surface area contributed by atoms with Gasteiger partial charge in [0.15, 0.2) is 0 Å². The molecule has 7 nitrogen and oxygen atoms in total. The summed E-state index contributed by atoms with van der Waals surface area (Å²) in [7, 11) is 0. The number of benzene rings is 2. The van der Waals surface area contributed by atoms with Crippen LogP contribution < -0.4 is 10.1 Å². The van der Waals surface area contributed by atoms with Crippen LogP contribution in [0.2, 0.25) is 0 Å². The third-order valence-electron chi connectivity index (χ3n) is 4.32. The normalized spacial score (nSPS) is 16.4. The molecular weight excluding hydrogens is 393 g/mol. The molecule has 3 rings (SSSR count). The Kier molecular flexibility index (Phi) is 6.02. The Morgan fingerprint density at radius 3 is 2.72 bits per heavy atom. The first-order chi connectivity index (χ1) is 13.7. The molecule has 2 aromatic carbocycles. The summed E-state index contributed by atoms with van der Waals surface area (Å²) in [5.74, 6) is -0.748. The van der Waals surface area contributed by atoms with E-state index in [1.54, 1.807) is 0 Å². The fourth-order valence-electron chi connectivity index (χ4n) is 2.84. The highest BCUT2D eigenvalue weighted by Gasteiger charge is 2.31. The van der Waals surface area contributed by atoms with Gasteiger partial charge in [-0.15, -0.1) is 0 Å². The molecule has 1 unspecified atom stereocenters. The van der Waals surface area contributed by atoms with E-state index in [9.17, 15) is 28.1 Å². The van der Waals surface area contributed by atoms with Crippen LogP contribution in [0.15, 0.2) is 42.5 Å². The molecule has 0 aliphatic carbocycles. The zero-order valence-corrected chi connectivity index (χ0v) is 15.1. The van der Waals surface area contributed by atoms with Gasteiger partial charge in [0.2, 0.25) is 0 Å². The van der Waals surface area contributed by atoms with Crippen molar-refractivity contribution in [3.05, 3.63) is 63.7 Å². The first-order valence-corrected chi connectivity index (χ1v) is 8.75. The van der Waals surface area contributed by atoms with Crippen molar-refractivity contribution < 1.29 is 32.4 Å². The smallest absolute Gasteiger partial charge is 0.416 e. The molecule has 0 spiro atoms. The monoisotopic (exact) mass is 410 g/mol. The Morgan fingerprint density at radius 1 is 1.28 bits per heavy atom. The Hall–Kier alpha value is -3.14. The van der Waals surface area contributed by atoms with Crippen molar-refractivity contribution in [1.82, 2.24) is 0 Å². The average molecular weight is 410 g/mol. The third kappa shape index (κ3) is 5.23. The fourth-order valence-corrected chi connectivity index (χ4v) is 2.84. The number of anilines is 1. The quantitative estimate of drug-likeness (QED) is 0.562. The molecule has 1 heterocycles. The second-order valence-electron chi connectivity index (χ2n) is 6.42. The second kappa shape index (κ2) is 8.48. The molecule has 10 heteroatoms. The van der Waals surface area contributed by atoms with E-state index < -0.39 is 22.6 Å². The average Bonchev–Trinajstić information content (AvgIpc) is 3.20. The van der Waals surface area contributed by atoms with Crippen LogP contribution in [-0.4, -0.2) is 30.1 Å². The van der Waals surface area contributed by atoms with Crippen molar-refractivity contribution in [3.63, 3.8) is 0 Å². The number of halogens is 3. The van der Waals surface area contributed by atoms with E-state index in [0.29, 0.717) is 6.61 Å². The van der Waals surface area contributed by atoms with Gasteiger partial charge in [-0.1, -0.05) is 6.07 Å². The lowest BCUT2D eigenvalue weighted by Gasteiger charge is -2.17. The summed E-state index contributed by atoms with van der Waals surface area (Å²) in [6.07, 6.45) is -3.14. The van der Waals surface area contributed by atoms with E-state index in [-0.39, 0.29) is 35.4 Å². The molecule has 1 fully saturated rings. The van der Waals surface area contributed by atoms with Gasteiger partial charge in [0.1, 0.15) is 12.4 Å². The number of rotatable bonds is 6. The molecule has 1 aliphatic rings. The minimum atomic E-state index is -4.61. The molecule has 1 N–H and O–H groups in total. The van der Waals surface area contributed by atoms with Crippen LogP contribution in [0, 0.1) is 10.1 Å². The SMILES string of the molecule is O=C(Nc1cc(C(F)(F)F)ccc1OCC1CCCO1)c1cccc([N+](=O)[O-])c1. The number of carbonyl (C=O) groups excluding carboxylic acids is 1. The zero-order valence-electron chi connectivity index (χ0n) is 15.1. The fraction of sp³-hybridized carbons (Fsp3) is 0.316. The summed E-state index contributed by atoms with van der Waals surface area (Å²) in [6.45, 7) is 0.725. The summed E-state index contributed by atoms with van der Waals surface area (Å²) in [5.41, 5.74) is -1.52. The Balaban J connectivity index is 1.84. The van der Waals surface area contributed by atoms with Gasteiger partial charge in [-0.3, -0.25) is 14.9 Å². The minimum Gasteiger partial charge on any atom is -0.489 e. The van der Waals surface area contributed by atoms with E-state index in [0.717, 1.165) is 37.1 Å². The van der Waals surface area contributed by atoms with Gasteiger partial charge in [-0.25, -0.2) is 0 Å². The Morgan fingerprint density at radius 2 is 2.07 bits per heavy atom. The lowest BCUT2D eigenvalue weighted by atomic mass is 10.1. The Bertz CT molecular complexity index is 911. The van der Waals surface area contributed by atoms with Crippen LogP contribution >= 0.6 is 0 Å². The summed E-state index contributed by atoms with van der Waals surface area (Å²) in [6, 6.07) is 7.62. The van der Waals surface area contributed by atoms with Crippen LogP contribution in [0.5, 0.6) is 5.75 Å². The van der Waals surface area contributed by atoms with E-state index in [2.05, 4.69) is 5.32 Å². The highest BCUT2D eigenvalue weighted by atomic mass is 19.4. The van der Waals surface area contributed by atoms with Gasteiger partial charge in [0.25, 0.3) is 11.6 Å². The number of nitro groups is 1. The van der Waals surface area contributed by atoms with Crippen LogP contribution in [0.1, 0.15) is 28.8 Å². The standard InChI is InChI=1S/C19H17F3N2O5/c20-19(21,22)13-6-7-17(29-11-15-5-2-8-28-15)16(10-13)23-18(25)12-3-1-4-14(9-12)24(26)27/h1,3-4,6-7,9-10,15H,2,5,8,11H2,(H,23,25). The van der Waals surface area contributed by atoms with E-state index in [1.165, 1.54) is 18.2 Å². The summed E-state index contributed by atoms with van der Waals surface area (Å²) in [5, 5.41) is 13.2. The maximum atomic E-state index is 13.1. The van der Waals surface area contributed by atoms with Gasteiger partial charge < -0.3 is 14.8 Å². The van der Waals surface area contributed by atoms with Gasteiger partial charge in [-0.2, -0.15) is 13.2 Å². The highest BCUT2D eigenvalue weighted by molar-refractivity contribution is 6.05. The highest BCUT2D eigenvalue weighted by Crippen LogP contribution is 2.35. The molecular formula is C19H17F3N2O5. The predicted molar refractivity (Wildman–Crippen MR) is 97.0 cm³/mol. The zero-order chi connectivity index (χ0) is 21.0. The predicted octanol–water partition coefficient (Wildman–Crippen LogP) is 4.42. The van der Waals surface area contributed by atoms with Crippen LogP contribution in [0.25, 0.3) is 0 Å². The second-order valence-corrected chi connectivity index (χ2v) is 6.42. The number of hydrogen-bond donors (Lipinski definition) is 1. The Labute approximate surface area is 163 Å². The molecule has 1 atom stereocenters. The number of amides is 1. The van der Waals surface area contributed by atoms with Gasteiger partial charge >= 0.3 is 6.18 Å². The number of nitrogens with zero attached hydrogens (tertiary/aromatic N) is 1. The molecule has 1 aliphatic heterocycles. The number of alkyl halides is 3. The number of nitro benzene ring substituents is 1. The maximum Gasteiger partial charge on any atom is 0.416 e. The molecule has 0 radical (unpaired) electrons. The van der Waals surface area contributed by atoms with Gasteiger partial charge in [0, 0.05) is 24.3 Å². The minimum absolute atomic E-state index is 0.0484. The van der Waals surface area contributed by atoms with Crippen LogP contribution in [-0.2, 0) is 10.9 Å². The van der Waals surface area contributed by atoms with Crippen molar-refractivity contribution >= 4 is 17.3 Å². The first-order valence-electron chi connectivity index (χ1n) is 8.75. The number of non-ortho nitro benzene ring substituents is 1. The lowest BCUT2D eigenvalue weighted by Crippen LogP contribution is -2.19. The first kappa shape index (κ1) is 20.6. The molecule has 1 amide bonds. The molecule has 154 valence electrons. The number of hydrogen-bond acceptors (Lipinski definition) is 5. The van der Waals surface area contributed by atoms with Crippen molar-refractivity contribution in [3.8, 4) is 5.75 Å². The third-order valence-corrected chi connectivity index (χ3v) is 4.32. The molecule has 2 aromatic rings. The number of ether oxygens (including phenoxy) is 2. The van der Waals surface area contributed by atoms with Gasteiger partial charge in [-0.05, 0) is 37.1 Å². The topological polar surface area (TPSA) is 90.7 Å². The van der Waals surface area contributed by atoms with Crippen LogP contribution in [0.4, 0.5) is 24.5 Å². The van der Waals surface area contributed by atoms with Crippen molar-refractivity contribution in [1.29, 1.82) is 0 Å². The molecule has 1 saturated heterocycles. The van der Waals surface area contributed by atoms with Gasteiger partial charge in [0.05, 0.1) is 22.3 Å². The largest absolute Gasteiger partial charge is 0.489 e. The van der Waals surface area contributed by atoms with E-state index in [4.69, 9.17) is 9.47 Å². The molecule has 0 saturated carbocycles. The molecule has 0 bridgehead atoms. The van der Waals surface area contributed by atoms with E-state index in [1.807, 2.05) is 0 Å². The van der Waals surface area contributed by atoms with Crippen LogP contribution in [0.3, 0.4) is 0 Å². The summed E-state index contributed by atoms with van der Waals surface area (Å²) < 4.78 is 50.2. The maximum absolute atomic E-state index is 13.1. The number of nitrogens with one attached hydrogen (secondary N) is 1. The number of carbonyl (C=O) groups is 1. The van der Waals surface area contributed by atoms with Crippen molar-refractivity contribution in [2.75, 3.05) is 18.5 Å². The summed E-state index contributed by atoms with van der Waals surface area (Å²) in [4.78, 5) is 22.7. The summed E-state index contributed by atoms with van der Waals surface area (Å²) >= 11 is 0. The van der Waals surface area contributed by atoms with Crippen molar-refractivity contribution in [2.45, 2.75) is 25.1 Å². The lowest BCUT2D eigenvalue weighted by molar-refractivity contribution is -0.384. The molecule has 0 aromatic heterocycles. The van der Waals surface area contributed by atoms with E-state index >= 15 is 0 Å².